The van der Waals surface area contributed by atoms with Crippen molar-refractivity contribution >= 4 is 5.82 Å². The molecule has 7 heteroatoms. The summed E-state index contributed by atoms with van der Waals surface area (Å²) in [5.41, 5.74) is 0. The predicted octanol–water partition coefficient (Wildman–Crippen LogP) is 1.98. The van der Waals surface area contributed by atoms with E-state index in [0.717, 1.165) is 38.2 Å². The maximum Gasteiger partial charge on any atom is 0.573 e. The third kappa shape index (κ3) is 2.82. The Kier molecular flexibility index (Phi) is 3.24. The molecule has 20 heavy (non-hydrogen) atoms. The minimum atomic E-state index is -4.67. The molecule has 1 aromatic rings. The summed E-state index contributed by atoms with van der Waals surface area (Å²) in [7, 11) is 2.12. The molecule has 1 aromatic heterocycles. The van der Waals surface area contributed by atoms with Gasteiger partial charge in [0.15, 0.2) is 0 Å². The van der Waals surface area contributed by atoms with Crippen molar-refractivity contribution in [1.29, 1.82) is 0 Å². The van der Waals surface area contributed by atoms with Gasteiger partial charge in [-0.25, -0.2) is 4.98 Å². The first-order chi connectivity index (χ1) is 9.40. The van der Waals surface area contributed by atoms with Gasteiger partial charge in [-0.15, -0.1) is 13.2 Å². The first-order valence-corrected chi connectivity index (χ1v) is 6.56. The second-order valence-electron chi connectivity index (χ2n) is 5.55. The van der Waals surface area contributed by atoms with Crippen molar-refractivity contribution in [1.82, 2.24) is 9.88 Å². The van der Waals surface area contributed by atoms with E-state index in [1.807, 2.05) is 0 Å². The average molecular weight is 287 g/mol. The van der Waals surface area contributed by atoms with E-state index in [0.29, 0.717) is 11.8 Å². The van der Waals surface area contributed by atoms with E-state index < -0.39 is 6.36 Å². The highest BCUT2D eigenvalue weighted by Crippen LogP contribution is 2.33. The summed E-state index contributed by atoms with van der Waals surface area (Å²) < 4.78 is 40.0. The Balaban J connectivity index is 1.64. The van der Waals surface area contributed by atoms with Crippen molar-refractivity contribution in [3.8, 4) is 5.75 Å². The maximum absolute atomic E-state index is 12.1. The largest absolute Gasteiger partial charge is 0.573 e. The van der Waals surface area contributed by atoms with Gasteiger partial charge in [0, 0.05) is 26.2 Å². The second kappa shape index (κ2) is 4.80. The van der Waals surface area contributed by atoms with Crippen molar-refractivity contribution in [3.05, 3.63) is 18.3 Å². The quantitative estimate of drug-likeness (QED) is 0.831. The fraction of sp³-hybridized carbons (Fsp3) is 0.615. The summed E-state index contributed by atoms with van der Waals surface area (Å²) in [6, 6.07) is 2.90. The number of nitrogens with zero attached hydrogens (tertiary/aromatic N) is 3. The number of alkyl halides is 3. The number of pyridine rings is 1. The normalized spacial score (nSPS) is 26.9. The molecule has 0 aromatic carbocycles. The molecule has 2 aliphatic rings. The molecule has 0 amide bonds. The van der Waals surface area contributed by atoms with Crippen LogP contribution in [-0.4, -0.2) is 49.5 Å². The van der Waals surface area contributed by atoms with Crippen LogP contribution in [0.1, 0.15) is 0 Å². The van der Waals surface area contributed by atoms with Gasteiger partial charge in [0.25, 0.3) is 0 Å². The first kappa shape index (κ1) is 13.5. The van der Waals surface area contributed by atoms with Crippen LogP contribution in [0.4, 0.5) is 19.0 Å². The van der Waals surface area contributed by atoms with Crippen molar-refractivity contribution in [3.63, 3.8) is 0 Å². The summed E-state index contributed by atoms with van der Waals surface area (Å²) in [6.07, 6.45) is -3.54. The Hall–Kier alpha value is -1.50. The Morgan fingerprint density at radius 3 is 2.30 bits per heavy atom. The highest BCUT2D eigenvalue weighted by molar-refractivity contribution is 5.42. The molecule has 0 bridgehead atoms. The van der Waals surface area contributed by atoms with Gasteiger partial charge in [-0.05, 0) is 31.0 Å². The third-order valence-electron chi connectivity index (χ3n) is 3.95. The van der Waals surface area contributed by atoms with E-state index in [-0.39, 0.29) is 5.75 Å². The molecule has 0 radical (unpaired) electrons. The molecule has 2 saturated heterocycles. The molecule has 0 N–H and O–H groups in total. The highest BCUT2D eigenvalue weighted by atomic mass is 19.4. The predicted molar refractivity (Wildman–Crippen MR) is 67.6 cm³/mol. The highest BCUT2D eigenvalue weighted by Gasteiger charge is 2.39. The minimum Gasteiger partial charge on any atom is -0.404 e. The Labute approximate surface area is 115 Å². The van der Waals surface area contributed by atoms with E-state index in [1.54, 1.807) is 6.07 Å². The van der Waals surface area contributed by atoms with E-state index >= 15 is 0 Å². The standard InChI is InChI=1S/C13H16F3N3O/c1-18-5-9-7-19(8-10(9)6-18)12-3-2-11(4-17-12)20-13(14,15)16/h2-4,9-10H,5-8H2,1H3. The van der Waals surface area contributed by atoms with Gasteiger partial charge in [-0.2, -0.15) is 0 Å². The molecule has 0 spiro atoms. The number of fused-ring (bicyclic) bond motifs is 1. The number of ether oxygens (including phenoxy) is 1. The number of likely N-dealkylation sites (tertiary alicyclic amines) is 1. The van der Waals surface area contributed by atoms with Crippen LogP contribution in [0, 0.1) is 11.8 Å². The van der Waals surface area contributed by atoms with Crippen molar-refractivity contribution in [2.24, 2.45) is 11.8 Å². The van der Waals surface area contributed by atoms with Crippen LogP contribution < -0.4 is 9.64 Å². The molecule has 3 rings (SSSR count). The van der Waals surface area contributed by atoms with Crippen LogP contribution in [0.5, 0.6) is 5.75 Å². The molecular weight excluding hydrogens is 271 g/mol. The molecule has 110 valence electrons. The summed E-state index contributed by atoms with van der Waals surface area (Å²) in [5.74, 6) is 1.71. The number of hydrogen-bond donors (Lipinski definition) is 0. The van der Waals surface area contributed by atoms with E-state index in [9.17, 15) is 13.2 Å². The van der Waals surface area contributed by atoms with Crippen LogP contribution >= 0.6 is 0 Å². The van der Waals surface area contributed by atoms with Gasteiger partial charge in [-0.3, -0.25) is 0 Å². The number of aromatic nitrogens is 1. The van der Waals surface area contributed by atoms with Gasteiger partial charge in [0.1, 0.15) is 11.6 Å². The van der Waals surface area contributed by atoms with Crippen LogP contribution in [-0.2, 0) is 0 Å². The van der Waals surface area contributed by atoms with Gasteiger partial charge < -0.3 is 14.5 Å². The van der Waals surface area contributed by atoms with Crippen molar-refractivity contribution < 1.29 is 17.9 Å². The number of hydrogen-bond acceptors (Lipinski definition) is 4. The van der Waals surface area contributed by atoms with Crippen LogP contribution in [0.2, 0.25) is 0 Å². The molecule has 2 atom stereocenters. The van der Waals surface area contributed by atoms with Gasteiger partial charge >= 0.3 is 6.36 Å². The summed E-state index contributed by atoms with van der Waals surface area (Å²) >= 11 is 0. The van der Waals surface area contributed by atoms with E-state index in [2.05, 4.69) is 26.6 Å². The Bertz CT molecular complexity index is 463. The summed E-state index contributed by atoms with van der Waals surface area (Å²) in [4.78, 5) is 8.54. The zero-order valence-corrected chi connectivity index (χ0v) is 11.1. The Morgan fingerprint density at radius 2 is 1.80 bits per heavy atom. The number of halogens is 3. The van der Waals surface area contributed by atoms with E-state index in [1.165, 1.54) is 6.07 Å². The second-order valence-corrected chi connectivity index (χ2v) is 5.55. The SMILES string of the molecule is CN1CC2CN(c3ccc(OC(F)(F)F)cn3)CC2C1. The zero-order chi connectivity index (χ0) is 14.3. The molecule has 2 unspecified atom stereocenters. The lowest BCUT2D eigenvalue weighted by Gasteiger charge is -2.20. The fourth-order valence-electron chi connectivity index (χ4n) is 3.17. The third-order valence-corrected chi connectivity index (χ3v) is 3.95. The van der Waals surface area contributed by atoms with Crippen LogP contribution in [0.25, 0.3) is 0 Å². The molecule has 0 aliphatic carbocycles. The van der Waals surface area contributed by atoms with Gasteiger partial charge in [0.05, 0.1) is 6.20 Å². The lowest BCUT2D eigenvalue weighted by molar-refractivity contribution is -0.274. The van der Waals surface area contributed by atoms with Crippen LogP contribution in [0.15, 0.2) is 18.3 Å². The van der Waals surface area contributed by atoms with Crippen molar-refractivity contribution in [2.45, 2.75) is 6.36 Å². The lowest BCUT2D eigenvalue weighted by atomic mass is 10.0. The van der Waals surface area contributed by atoms with E-state index in [4.69, 9.17) is 0 Å². The molecule has 3 heterocycles. The first-order valence-electron chi connectivity index (χ1n) is 6.56. The molecular formula is C13H16F3N3O. The van der Waals surface area contributed by atoms with Gasteiger partial charge in [-0.1, -0.05) is 0 Å². The van der Waals surface area contributed by atoms with Gasteiger partial charge in [0.2, 0.25) is 0 Å². The topological polar surface area (TPSA) is 28.6 Å². The zero-order valence-electron chi connectivity index (χ0n) is 11.1. The fourth-order valence-corrected chi connectivity index (χ4v) is 3.17. The number of rotatable bonds is 2. The average Bonchev–Trinajstić information content (AvgIpc) is 2.84. The molecule has 2 aliphatic heterocycles. The van der Waals surface area contributed by atoms with Crippen LogP contribution in [0.3, 0.4) is 0 Å². The number of anilines is 1. The smallest absolute Gasteiger partial charge is 0.404 e. The summed E-state index contributed by atoms with van der Waals surface area (Å²) in [5, 5.41) is 0. The maximum atomic E-state index is 12.1. The molecule has 4 nitrogen and oxygen atoms in total. The monoisotopic (exact) mass is 287 g/mol. The Morgan fingerprint density at radius 1 is 1.15 bits per heavy atom. The van der Waals surface area contributed by atoms with Crippen molar-refractivity contribution in [2.75, 3.05) is 38.1 Å². The lowest BCUT2D eigenvalue weighted by Crippen LogP contribution is -2.27. The minimum absolute atomic E-state index is 0.277. The molecule has 0 saturated carbocycles. The molecule has 2 fully saturated rings. The summed E-state index contributed by atoms with van der Waals surface area (Å²) in [6.45, 7) is 4.00.